The van der Waals surface area contributed by atoms with E-state index in [9.17, 15) is 13.2 Å². The number of rotatable bonds is 7. The molecule has 1 unspecified atom stereocenters. The first-order valence-corrected chi connectivity index (χ1v) is 10.9. The number of carbonyl (C=O) groups excluding carboxylic acids is 1. The third-order valence-electron chi connectivity index (χ3n) is 3.65. The molecule has 1 aromatic heterocycles. The lowest BCUT2D eigenvalue weighted by molar-refractivity contribution is 0.0978. The molecule has 0 amide bonds. The first-order chi connectivity index (χ1) is 10.0. The van der Waals surface area contributed by atoms with Gasteiger partial charge in [-0.2, -0.15) is 11.8 Å². The van der Waals surface area contributed by atoms with Crippen LogP contribution in [0, 0.1) is 0 Å². The molecule has 0 spiro atoms. The third-order valence-corrected chi connectivity index (χ3v) is 7.90. The van der Waals surface area contributed by atoms with Gasteiger partial charge in [-0.15, -0.1) is 11.3 Å². The average Bonchev–Trinajstić information content (AvgIpc) is 3.02. The van der Waals surface area contributed by atoms with E-state index in [4.69, 9.17) is 0 Å². The molecule has 2 heterocycles. The van der Waals surface area contributed by atoms with Gasteiger partial charge in [0, 0.05) is 30.2 Å². The molecular weight excluding hydrogens is 326 g/mol. The SMILES string of the molecule is CCS(=O)(=O)C1CSCCN1CCCC(=O)c1cccs1. The summed E-state index contributed by atoms with van der Waals surface area (Å²) < 4.78 is 24.3. The van der Waals surface area contributed by atoms with Crippen molar-refractivity contribution in [2.75, 3.05) is 30.3 Å². The maximum absolute atomic E-state index is 12.1. The molecule has 0 bridgehead atoms. The number of hydrogen-bond donors (Lipinski definition) is 0. The summed E-state index contributed by atoms with van der Waals surface area (Å²) in [5, 5.41) is 1.52. The predicted octanol–water partition coefficient (Wildman–Crippen LogP) is 2.52. The lowest BCUT2D eigenvalue weighted by Gasteiger charge is -2.34. The number of ketones is 1. The molecule has 4 nitrogen and oxygen atoms in total. The lowest BCUT2D eigenvalue weighted by Crippen LogP contribution is -2.48. The molecule has 0 aromatic carbocycles. The minimum atomic E-state index is -3.04. The van der Waals surface area contributed by atoms with Crippen molar-refractivity contribution in [1.29, 1.82) is 0 Å². The minimum absolute atomic E-state index is 0.159. The van der Waals surface area contributed by atoms with Crippen LogP contribution in [0.3, 0.4) is 0 Å². The van der Waals surface area contributed by atoms with Gasteiger partial charge in [-0.25, -0.2) is 8.42 Å². The molecule has 21 heavy (non-hydrogen) atoms. The summed E-state index contributed by atoms with van der Waals surface area (Å²) in [6, 6.07) is 3.72. The Morgan fingerprint density at radius 3 is 2.95 bits per heavy atom. The first-order valence-electron chi connectivity index (χ1n) is 7.14. The maximum Gasteiger partial charge on any atom is 0.172 e. The lowest BCUT2D eigenvalue weighted by atomic mass is 10.2. The number of carbonyl (C=O) groups is 1. The van der Waals surface area contributed by atoms with Crippen LogP contribution in [0.4, 0.5) is 0 Å². The highest BCUT2D eigenvalue weighted by Crippen LogP contribution is 2.22. The van der Waals surface area contributed by atoms with Gasteiger partial charge in [0.05, 0.1) is 4.88 Å². The highest BCUT2D eigenvalue weighted by Gasteiger charge is 2.32. The number of thiophene rings is 1. The van der Waals surface area contributed by atoms with Crippen molar-refractivity contribution in [2.24, 2.45) is 0 Å². The normalized spacial score (nSPS) is 20.5. The van der Waals surface area contributed by atoms with E-state index in [0.717, 1.165) is 23.6 Å². The summed E-state index contributed by atoms with van der Waals surface area (Å²) >= 11 is 3.16. The van der Waals surface area contributed by atoms with Crippen molar-refractivity contribution >= 4 is 38.7 Å². The average molecular weight is 348 g/mol. The minimum Gasteiger partial charge on any atom is -0.293 e. The summed E-state index contributed by atoms with van der Waals surface area (Å²) in [4.78, 5) is 14.8. The summed E-state index contributed by atoms with van der Waals surface area (Å²) in [5.74, 6) is 1.96. The Bertz CT molecular complexity index is 554. The molecule has 0 radical (unpaired) electrons. The van der Waals surface area contributed by atoms with Gasteiger partial charge in [0.15, 0.2) is 15.6 Å². The largest absolute Gasteiger partial charge is 0.293 e. The van der Waals surface area contributed by atoms with E-state index in [1.54, 1.807) is 18.7 Å². The van der Waals surface area contributed by atoms with E-state index in [0.29, 0.717) is 18.7 Å². The maximum atomic E-state index is 12.1. The molecule has 1 fully saturated rings. The van der Waals surface area contributed by atoms with Gasteiger partial charge in [0.2, 0.25) is 0 Å². The van der Waals surface area contributed by atoms with Gasteiger partial charge in [-0.3, -0.25) is 9.69 Å². The van der Waals surface area contributed by atoms with E-state index in [-0.39, 0.29) is 16.9 Å². The topological polar surface area (TPSA) is 54.5 Å². The second kappa shape index (κ2) is 7.76. The van der Waals surface area contributed by atoms with Crippen LogP contribution in [0.25, 0.3) is 0 Å². The molecular formula is C14H21NO3S3. The zero-order chi connectivity index (χ0) is 15.3. The number of nitrogens with zero attached hydrogens (tertiary/aromatic N) is 1. The van der Waals surface area contributed by atoms with Crippen molar-refractivity contribution in [2.45, 2.75) is 25.1 Å². The zero-order valence-corrected chi connectivity index (χ0v) is 14.6. The third kappa shape index (κ3) is 4.55. The van der Waals surface area contributed by atoms with Crippen LogP contribution in [0.1, 0.15) is 29.4 Å². The van der Waals surface area contributed by atoms with E-state index < -0.39 is 9.84 Å². The van der Waals surface area contributed by atoms with Crippen molar-refractivity contribution in [3.05, 3.63) is 22.4 Å². The standard InChI is InChI=1S/C14H21NO3S3/c1-2-21(17,18)14-11-19-10-8-15(14)7-3-5-12(16)13-6-4-9-20-13/h4,6,9,14H,2-3,5,7-8,10-11H2,1H3. The van der Waals surface area contributed by atoms with Gasteiger partial charge in [-0.1, -0.05) is 13.0 Å². The number of Topliss-reactive ketones (excluding diaryl/α,β-unsaturated/α-hetero) is 1. The molecule has 1 saturated heterocycles. The Hall–Kier alpha value is -0.370. The molecule has 1 atom stereocenters. The van der Waals surface area contributed by atoms with Crippen LogP contribution in [-0.4, -0.2) is 54.8 Å². The first kappa shape index (κ1) is 17.0. The van der Waals surface area contributed by atoms with Crippen molar-refractivity contribution in [1.82, 2.24) is 4.90 Å². The predicted molar refractivity (Wildman–Crippen MR) is 90.0 cm³/mol. The van der Waals surface area contributed by atoms with Crippen LogP contribution in [0.2, 0.25) is 0 Å². The fraction of sp³-hybridized carbons (Fsp3) is 0.643. The Kier molecular flexibility index (Phi) is 6.28. The monoisotopic (exact) mass is 347 g/mol. The van der Waals surface area contributed by atoms with Gasteiger partial charge in [0.1, 0.15) is 5.37 Å². The Morgan fingerprint density at radius 1 is 1.48 bits per heavy atom. The molecule has 1 aromatic rings. The van der Waals surface area contributed by atoms with Crippen molar-refractivity contribution < 1.29 is 13.2 Å². The van der Waals surface area contributed by atoms with Crippen molar-refractivity contribution in [3.63, 3.8) is 0 Å². The van der Waals surface area contributed by atoms with Gasteiger partial charge >= 0.3 is 0 Å². The molecule has 2 rings (SSSR count). The van der Waals surface area contributed by atoms with Crippen LogP contribution < -0.4 is 0 Å². The summed E-state index contributed by atoms with van der Waals surface area (Å²) in [6.07, 6.45) is 1.21. The van der Waals surface area contributed by atoms with Gasteiger partial charge < -0.3 is 0 Å². The second-order valence-electron chi connectivity index (χ2n) is 5.02. The number of hydrogen-bond acceptors (Lipinski definition) is 6. The van der Waals surface area contributed by atoms with Crippen LogP contribution in [0.15, 0.2) is 17.5 Å². The van der Waals surface area contributed by atoms with Crippen LogP contribution >= 0.6 is 23.1 Å². The summed E-state index contributed by atoms with van der Waals surface area (Å²) in [5.41, 5.74) is 0. The van der Waals surface area contributed by atoms with Gasteiger partial charge in [-0.05, 0) is 24.4 Å². The molecule has 1 aliphatic rings. The molecule has 118 valence electrons. The van der Waals surface area contributed by atoms with Crippen LogP contribution in [0.5, 0.6) is 0 Å². The smallest absolute Gasteiger partial charge is 0.172 e. The van der Waals surface area contributed by atoms with E-state index in [1.807, 2.05) is 22.4 Å². The summed E-state index contributed by atoms with van der Waals surface area (Å²) in [6.45, 7) is 3.18. The number of thioether (sulfide) groups is 1. The molecule has 0 N–H and O–H groups in total. The van der Waals surface area contributed by atoms with E-state index >= 15 is 0 Å². The number of sulfone groups is 1. The summed E-state index contributed by atoms with van der Waals surface area (Å²) in [7, 11) is -3.04. The van der Waals surface area contributed by atoms with E-state index in [1.165, 1.54) is 11.3 Å². The fourth-order valence-corrected chi connectivity index (χ4v) is 6.20. The quantitative estimate of drug-likeness (QED) is 0.710. The molecule has 7 heteroatoms. The van der Waals surface area contributed by atoms with Gasteiger partial charge in [0.25, 0.3) is 0 Å². The Morgan fingerprint density at radius 2 is 2.29 bits per heavy atom. The fourth-order valence-electron chi connectivity index (χ4n) is 2.40. The van der Waals surface area contributed by atoms with E-state index in [2.05, 4.69) is 0 Å². The Balaban J connectivity index is 1.87. The van der Waals surface area contributed by atoms with Crippen molar-refractivity contribution in [3.8, 4) is 0 Å². The molecule has 0 aliphatic carbocycles. The zero-order valence-electron chi connectivity index (χ0n) is 12.2. The highest BCUT2D eigenvalue weighted by molar-refractivity contribution is 8.01. The Labute approximate surface area is 134 Å². The molecule has 0 saturated carbocycles. The highest BCUT2D eigenvalue weighted by atomic mass is 32.2. The van der Waals surface area contributed by atoms with Crippen LogP contribution in [-0.2, 0) is 9.84 Å². The second-order valence-corrected chi connectivity index (χ2v) is 9.57. The molecule has 1 aliphatic heterocycles.